The molecule has 0 saturated heterocycles. The first-order valence-corrected chi connectivity index (χ1v) is 7.68. The van der Waals surface area contributed by atoms with Crippen LogP contribution in [0.3, 0.4) is 0 Å². The summed E-state index contributed by atoms with van der Waals surface area (Å²) in [6, 6.07) is 0. The minimum Gasteiger partial charge on any atom is -0.380 e. The third-order valence-electron chi connectivity index (χ3n) is 3.42. The summed E-state index contributed by atoms with van der Waals surface area (Å²) >= 11 is 1.18. The van der Waals surface area contributed by atoms with Crippen molar-refractivity contribution in [2.45, 2.75) is 33.9 Å². The molecule has 0 atom stereocenters. The maximum Gasteiger partial charge on any atom is 0.332 e. The van der Waals surface area contributed by atoms with Crippen molar-refractivity contribution in [2.24, 2.45) is 0 Å². The second kappa shape index (κ2) is 6.36. The number of ether oxygens (including phenoxy) is 1. The van der Waals surface area contributed by atoms with E-state index in [0.717, 1.165) is 6.29 Å². The van der Waals surface area contributed by atoms with Crippen LogP contribution in [-0.4, -0.2) is 28.6 Å². The number of nitrogens with zero attached hydrogens (tertiary/aromatic N) is 2. The SMILES string of the molecule is CCOCCn1c(=O)n(CC)c(=O)c2c(C)c(C=O)sc21. The van der Waals surface area contributed by atoms with Gasteiger partial charge in [-0.25, -0.2) is 4.79 Å². The molecule has 0 bridgehead atoms. The first-order chi connectivity index (χ1) is 10.1. The number of fused-ring (bicyclic) bond motifs is 1. The highest BCUT2D eigenvalue weighted by Gasteiger charge is 2.18. The van der Waals surface area contributed by atoms with Gasteiger partial charge in [0.2, 0.25) is 0 Å². The van der Waals surface area contributed by atoms with E-state index in [-0.39, 0.29) is 11.2 Å². The van der Waals surface area contributed by atoms with Crippen molar-refractivity contribution in [3.8, 4) is 0 Å². The molecule has 6 nitrogen and oxygen atoms in total. The summed E-state index contributed by atoms with van der Waals surface area (Å²) in [5, 5.41) is 0.458. The average Bonchev–Trinajstić information content (AvgIpc) is 2.80. The number of carbonyl (C=O) groups is 1. The van der Waals surface area contributed by atoms with Crippen LogP contribution in [0.2, 0.25) is 0 Å². The lowest BCUT2D eigenvalue weighted by Gasteiger charge is -2.10. The van der Waals surface area contributed by atoms with E-state index in [2.05, 4.69) is 0 Å². The molecular formula is C14H18N2O4S. The molecule has 0 aromatic carbocycles. The number of hydrogen-bond donors (Lipinski definition) is 0. The Morgan fingerprint density at radius 3 is 2.52 bits per heavy atom. The van der Waals surface area contributed by atoms with Gasteiger partial charge in [-0.3, -0.25) is 18.7 Å². The van der Waals surface area contributed by atoms with E-state index in [0.29, 0.717) is 47.0 Å². The lowest BCUT2D eigenvalue weighted by molar-refractivity contribution is 0.112. The molecule has 2 aromatic heterocycles. The Morgan fingerprint density at radius 2 is 1.95 bits per heavy atom. The maximum atomic E-state index is 12.4. The molecule has 0 aliphatic carbocycles. The molecule has 2 rings (SSSR count). The van der Waals surface area contributed by atoms with Crippen molar-refractivity contribution in [3.05, 3.63) is 31.3 Å². The van der Waals surface area contributed by atoms with E-state index >= 15 is 0 Å². The quantitative estimate of drug-likeness (QED) is 0.597. The summed E-state index contributed by atoms with van der Waals surface area (Å²) in [5.74, 6) is 0. The van der Waals surface area contributed by atoms with Crippen LogP contribution in [0, 0.1) is 6.92 Å². The Bertz CT molecular complexity index is 785. The van der Waals surface area contributed by atoms with Crippen LogP contribution in [0.4, 0.5) is 0 Å². The molecule has 0 spiro atoms. The van der Waals surface area contributed by atoms with Gasteiger partial charge in [0.1, 0.15) is 4.83 Å². The molecular weight excluding hydrogens is 292 g/mol. The van der Waals surface area contributed by atoms with E-state index in [1.165, 1.54) is 20.5 Å². The highest BCUT2D eigenvalue weighted by atomic mass is 32.1. The van der Waals surface area contributed by atoms with Crippen molar-refractivity contribution >= 4 is 27.8 Å². The number of thiophene rings is 1. The van der Waals surface area contributed by atoms with Crippen molar-refractivity contribution < 1.29 is 9.53 Å². The molecule has 0 aliphatic rings. The topological polar surface area (TPSA) is 70.3 Å². The standard InChI is InChI=1S/C14H18N2O4S/c1-4-15-12(18)11-9(3)10(8-17)21-13(11)16(14(15)19)6-7-20-5-2/h8H,4-7H2,1-3H3. The summed E-state index contributed by atoms with van der Waals surface area (Å²) in [6.45, 7) is 6.99. The predicted molar refractivity (Wildman–Crippen MR) is 82.6 cm³/mol. The van der Waals surface area contributed by atoms with Crippen LogP contribution in [0.5, 0.6) is 0 Å². The second-order valence-electron chi connectivity index (χ2n) is 4.57. The van der Waals surface area contributed by atoms with E-state index < -0.39 is 0 Å². The summed E-state index contributed by atoms with van der Waals surface area (Å²) in [4.78, 5) is 37.0. The highest BCUT2D eigenvalue weighted by molar-refractivity contribution is 7.20. The summed E-state index contributed by atoms with van der Waals surface area (Å²) in [7, 11) is 0. The zero-order valence-corrected chi connectivity index (χ0v) is 13.2. The molecule has 2 aromatic rings. The highest BCUT2D eigenvalue weighted by Crippen LogP contribution is 2.26. The van der Waals surface area contributed by atoms with Gasteiger partial charge < -0.3 is 4.74 Å². The largest absolute Gasteiger partial charge is 0.380 e. The normalized spacial score (nSPS) is 11.2. The van der Waals surface area contributed by atoms with Gasteiger partial charge in [0.25, 0.3) is 5.56 Å². The molecule has 0 amide bonds. The predicted octanol–water partition coefficient (Wildman–Crippen LogP) is 1.40. The maximum absolute atomic E-state index is 12.4. The number of aldehydes is 1. The first-order valence-electron chi connectivity index (χ1n) is 6.86. The number of aromatic nitrogens is 2. The molecule has 0 fully saturated rings. The smallest absolute Gasteiger partial charge is 0.332 e. The Morgan fingerprint density at radius 1 is 1.24 bits per heavy atom. The Labute approximate surface area is 125 Å². The van der Waals surface area contributed by atoms with E-state index in [1.807, 2.05) is 6.92 Å². The molecule has 0 N–H and O–H groups in total. The fraction of sp³-hybridized carbons (Fsp3) is 0.500. The van der Waals surface area contributed by atoms with E-state index in [9.17, 15) is 14.4 Å². The first kappa shape index (κ1) is 15.7. The number of aryl methyl sites for hydroxylation is 1. The van der Waals surface area contributed by atoms with Gasteiger partial charge in [-0.05, 0) is 26.3 Å². The van der Waals surface area contributed by atoms with E-state index in [1.54, 1.807) is 13.8 Å². The molecule has 2 heterocycles. The van der Waals surface area contributed by atoms with Crippen LogP contribution in [-0.2, 0) is 17.8 Å². The molecule has 0 unspecified atom stereocenters. The third-order valence-corrected chi connectivity index (χ3v) is 4.66. The van der Waals surface area contributed by atoms with Gasteiger partial charge in [-0.1, -0.05) is 0 Å². The summed E-state index contributed by atoms with van der Waals surface area (Å²) in [6.07, 6.45) is 0.729. The molecule has 7 heteroatoms. The summed E-state index contributed by atoms with van der Waals surface area (Å²) in [5.41, 5.74) is -0.0391. The number of hydrogen-bond acceptors (Lipinski definition) is 5. The van der Waals surface area contributed by atoms with E-state index in [4.69, 9.17) is 4.74 Å². The van der Waals surface area contributed by atoms with Crippen molar-refractivity contribution in [3.63, 3.8) is 0 Å². The van der Waals surface area contributed by atoms with Gasteiger partial charge in [0, 0.05) is 13.2 Å². The average molecular weight is 310 g/mol. The minimum absolute atomic E-state index is 0.300. The molecule has 21 heavy (non-hydrogen) atoms. The van der Waals surface area contributed by atoms with Crippen molar-refractivity contribution in [1.29, 1.82) is 0 Å². The second-order valence-corrected chi connectivity index (χ2v) is 5.60. The van der Waals surface area contributed by atoms with Gasteiger partial charge in [-0.15, -0.1) is 11.3 Å². The zero-order valence-electron chi connectivity index (χ0n) is 12.3. The molecule has 114 valence electrons. The van der Waals surface area contributed by atoms with Crippen LogP contribution < -0.4 is 11.2 Å². The molecule has 0 radical (unpaired) electrons. The minimum atomic E-state index is -0.353. The van der Waals surface area contributed by atoms with Gasteiger partial charge in [0.15, 0.2) is 6.29 Å². The Balaban J connectivity index is 2.78. The van der Waals surface area contributed by atoms with Crippen LogP contribution in [0.15, 0.2) is 9.59 Å². The van der Waals surface area contributed by atoms with Crippen molar-refractivity contribution in [2.75, 3.05) is 13.2 Å². The summed E-state index contributed by atoms with van der Waals surface area (Å²) < 4.78 is 8.02. The van der Waals surface area contributed by atoms with Gasteiger partial charge in [0.05, 0.1) is 23.4 Å². The van der Waals surface area contributed by atoms with Crippen LogP contribution >= 0.6 is 11.3 Å². The Hall–Kier alpha value is -1.73. The third kappa shape index (κ3) is 2.58. The Kier molecular flexibility index (Phi) is 4.74. The van der Waals surface area contributed by atoms with Crippen LogP contribution in [0.25, 0.3) is 10.2 Å². The monoisotopic (exact) mass is 310 g/mol. The lowest BCUT2D eigenvalue weighted by atomic mass is 10.2. The molecule has 0 aliphatic heterocycles. The molecule has 0 saturated carbocycles. The van der Waals surface area contributed by atoms with Gasteiger partial charge >= 0.3 is 5.69 Å². The van der Waals surface area contributed by atoms with Gasteiger partial charge in [-0.2, -0.15) is 0 Å². The number of carbonyl (C=O) groups excluding carboxylic acids is 1. The fourth-order valence-electron chi connectivity index (χ4n) is 2.30. The fourth-order valence-corrected chi connectivity index (χ4v) is 3.43. The van der Waals surface area contributed by atoms with Crippen LogP contribution in [0.1, 0.15) is 29.1 Å². The number of rotatable bonds is 6. The lowest BCUT2D eigenvalue weighted by Crippen LogP contribution is -2.39. The van der Waals surface area contributed by atoms with Crippen molar-refractivity contribution in [1.82, 2.24) is 9.13 Å². The zero-order chi connectivity index (χ0) is 15.6.